The molecule has 0 saturated heterocycles. The van der Waals surface area contributed by atoms with Crippen molar-refractivity contribution < 1.29 is 31.5 Å². The van der Waals surface area contributed by atoms with E-state index in [4.69, 9.17) is 11.6 Å². The van der Waals surface area contributed by atoms with Gasteiger partial charge in [0, 0.05) is 6.54 Å². The third-order valence-electron chi connectivity index (χ3n) is 3.37. The lowest BCUT2D eigenvalue weighted by Gasteiger charge is -2.25. The highest BCUT2D eigenvalue weighted by atomic mass is 35.5. The van der Waals surface area contributed by atoms with E-state index < -0.39 is 27.7 Å². The second kappa shape index (κ2) is 8.79. The first kappa shape index (κ1) is 23.0. The van der Waals surface area contributed by atoms with Gasteiger partial charge in [-0.1, -0.05) is 11.6 Å². The van der Waals surface area contributed by atoms with Crippen molar-refractivity contribution in [1.82, 2.24) is 4.72 Å². The number of benzene rings is 1. The molecule has 6 nitrogen and oxygen atoms in total. The van der Waals surface area contributed by atoms with Crippen LogP contribution in [0.1, 0.15) is 19.8 Å². The van der Waals surface area contributed by atoms with Crippen molar-refractivity contribution in [2.45, 2.75) is 36.4 Å². The fourth-order valence-electron chi connectivity index (χ4n) is 1.66. The van der Waals surface area contributed by atoms with Crippen LogP contribution in [0.15, 0.2) is 23.1 Å². The largest absolute Gasteiger partial charge is 0.426 e. The van der Waals surface area contributed by atoms with Gasteiger partial charge in [-0.2, -0.15) is 25.8 Å². The molecule has 1 atom stereocenters. The fraction of sp³-hybridized carbons (Fsp3) is 0.500. The second-order valence-corrected chi connectivity index (χ2v) is 8.12. The lowest BCUT2D eigenvalue weighted by Crippen LogP contribution is -2.52. The summed E-state index contributed by atoms with van der Waals surface area (Å²) >= 11 is 9.86. The van der Waals surface area contributed by atoms with E-state index in [-0.39, 0.29) is 22.2 Å². The van der Waals surface area contributed by atoms with Gasteiger partial charge in [-0.05, 0) is 43.7 Å². The Balaban J connectivity index is 2.93. The number of amides is 1. The monoisotopic (exact) mass is 434 g/mol. The number of aliphatic hydroxyl groups is 1. The lowest BCUT2D eigenvalue weighted by molar-refractivity contribution is -0.242. The van der Waals surface area contributed by atoms with Crippen LogP contribution >= 0.6 is 24.2 Å². The molecule has 3 N–H and O–H groups in total. The van der Waals surface area contributed by atoms with E-state index in [2.05, 4.69) is 17.4 Å². The second-order valence-electron chi connectivity index (χ2n) is 5.49. The predicted molar refractivity (Wildman–Crippen MR) is 95.0 cm³/mol. The van der Waals surface area contributed by atoms with E-state index in [0.29, 0.717) is 19.1 Å². The number of hydrogen-bond donors (Lipinski definition) is 4. The summed E-state index contributed by atoms with van der Waals surface area (Å²) in [6, 6.07) is 3.10. The number of carbonyl (C=O) groups excluding carboxylic acids is 1. The molecule has 148 valence electrons. The minimum atomic E-state index is -5.19. The molecule has 1 rings (SSSR count). The molecule has 1 amide bonds. The Labute approximate surface area is 159 Å². The molecule has 0 saturated carbocycles. The summed E-state index contributed by atoms with van der Waals surface area (Å²) in [5, 5.41) is 10.8. The van der Waals surface area contributed by atoms with Gasteiger partial charge in [0.2, 0.25) is 15.6 Å². The van der Waals surface area contributed by atoms with Gasteiger partial charge in [-0.25, -0.2) is 13.1 Å². The Bertz CT molecular complexity index is 755. The number of rotatable bonds is 8. The first-order valence-corrected chi connectivity index (χ1v) is 9.83. The first-order chi connectivity index (χ1) is 11.8. The molecular formula is C14H18ClF3N2O4S2. The molecule has 0 fully saturated rings. The molecule has 1 aromatic carbocycles. The van der Waals surface area contributed by atoms with Crippen molar-refractivity contribution in [3.63, 3.8) is 0 Å². The van der Waals surface area contributed by atoms with Gasteiger partial charge < -0.3 is 10.4 Å². The van der Waals surface area contributed by atoms with Crippen LogP contribution in [0.3, 0.4) is 0 Å². The van der Waals surface area contributed by atoms with Crippen molar-refractivity contribution in [2.75, 3.05) is 17.6 Å². The number of thiol groups is 1. The van der Waals surface area contributed by atoms with Gasteiger partial charge >= 0.3 is 6.18 Å². The summed E-state index contributed by atoms with van der Waals surface area (Å²) in [6.07, 6.45) is -3.89. The normalized spacial score (nSPS) is 14.7. The van der Waals surface area contributed by atoms with Crippen LogP contribution in [-0.4, -0.2) is 43.5 Å². The molecule has 0 aliphatic heterocycles. The maximum atomic E-state index is 12.6. The van der Waals surface area contributed by atoms with Gasteiger partial charge in [-0.15, -0.1) is 0 Å². The minimum Gasteiger partial charge on any atom is -0.373 e. The van der Waals surface area contributed by atoms with Gasteiger partial charge in [0.15, 0.2) is 0 Å². The maximum absolute atomic E-state index is 12.6. The van der Waals surface area contributed by atoms with Crippen LogP contribution < -0.4 is 10.0 Å². The Hall–Kier alpha value is -1.01. The number of alkyl halides is 3. The summed E-state index contributed by atoms with van der Waals surface area (Å²) in [6.45, 7) is 0.483. The molecule has 0 spiro atoms. The minimum absolute atomic E-state index is 0.188. The number of sulfonamides is 1. The molecule has 26 heavy (non-hydrogen) atoms. The Kier molecular flexibility index (Phi) is 7.78. The van der Waals surface area contributed by atoms with Crippen molar-refractivity contribution in [1.29, 1.82) is 0 Å². The average molecular weight is 435 g/mol. The van der Waals surface area contributed by atoms with Crippen LogP contribution in [0.2, 0.25) is 5.02 Å². The molecule has 1 aromatic rings. The summed E-state index contributed by atoms with van der Waals surface area (Å²) < 4.78 is 64.5. The number of nitrogens with one attached hydrogen (secondary N) is 2. The van der Waals surface area contributed by atoms with E-state index in [1.165, 1.54) is 0 Å². The topological polar surface area (TPSA) is 95.5 Å². The fourth-order valence-corrected chi connectivity index (χ4v) is 3.28. The summed E-state index contributed by atoms with van der Waals surface area (Å²) in [5.41, 5.74) is -3.90. The molecule has 12 heteroatoms. The van der Waals surface area contributed by atoms with E-state index in [1.807, 2.05) is 5.32 Å². The first-order valence-electron chi connectivity index (χ1n) is 7.33. The number of halogens is 4. The van der Waals surface area contributed by atoms with E-state index >= 15 is 0 Å². The molecule has 0 radical (unpaired) electrons. The molecule has 0 bridgehead atoms. The van der Waals surface area contributed by atoms with E-state index in [9.17, 15) is 31.5 Å². The van der Waals surface area contributed by atoms with Crippen LogP contribution in [-0.2, 0) is 14.8 Å². The van der Waals surface area contributed by atoms with E-state index in [1.54, 1.807) is 0 Å². The number of anilines is 1. The third kappa shape index (κ3) is 5.74. The van der Waals surface area contributed by atoms with Gasteiger partial charge in [0.25, 0.3) is 5.91 Å². The van der Waals surface area contributed by atoms with Crippen molar-refractivity contribution in [3.05, 3.63) is 23.2 Å². The van der Waals surface area contributed by atoms with Crippen molar-refractivity contribution in [3.8, 4) is 0 Å². The number of unbranched alkanes of at least 4 members (excludes halogenated alkanes) is 1. The molecule has 0 aliphatic rings. The summed E-state index contributed by atoms with van der Waals surface area (Å²) in [7, 11) is -3.86. The summed E-state index contributed by atoms with van der Waals surface area (Å²) in [5.74, 6) is -1.13. The zero-order valence-corrected chi connectivity index (χ0v) is 16.1. The van der Waals surface area contributed by atoms with Crippen LogP contribution in [0.4, 0.5) is 18.9 Å². The summed E-state index contributed by atoms with van der Waals surface area (Å²) in [4.78, 5) is 11.4. The SMILES string of the molecule is C[C@@](O)(C(=O)Nc1ccc(S(=O)(=O)NCCCCS)cc1Cl)C(F)(F)F. The quantitative estimate of drug-likeness (QED) is 0.373. The third-order valence-corrected chi connectivity index (χ3v) is 5.46. The zero-order chi connectivity index (χ0) is 20.2. The molecular weight excluding hydrogens is 417 g/mol. The van der Waals surface area contributed by atoms with Crippen LogP contribution in [0.5, 0.6) is 0 Å². The van der Waals surface area contributed by atoms with Gasteiger partial charge in [-0.3, -0.25) is 4.79 Å². The number of hydrogen-bond acceptors (Lipinski definition) is 5. The highest BCUT2D eigenvalue weighted by Gasteiger charge is 2.55. The predicted octanol–water partition coefficient (Wildman–Crippen LogP) is 2.58. The van der Waals surface area contributed by atoms with Crippen LogP contribution in [0.25, 0.3) is 0 Å². The Morgan fingerprint density at radius 3 is 2.42 bits per heavy atom. The standard InChI is InChI=1S/C14H18ClF3N2O4S2/c1-13(22,14(16,17)18)12(21)20-11-5-4-9(8-10(11)15)26(23,24)19-6-2-3-7-25/h4-5,8,19,22,25H,2-3,6-7H2,1H3,(H,20,21)/t13-/m1/s1. The maximum Gasteiger partial charge on any atom is 0.426 e. The van der Waals surface area contributed by atoms with E-state index in [0.717, 1.165) is 24.6 Å². The van der Waals surface area contributed by atoms with Gasteiger partial charge in [0.05, 0.1) is 15.6 Å². The average Bonchev–Trinajstić information content (AvgIpc) is 2.52. The van der Waals surface area contributed by atoms with Crippen molar-refractivity contribution >= 4 is 45.8 Å². The van der Waals surface area contributed by atoms with Gasteiger partial charge in [0.1, 0.15) is 0 Å². The molecule has 0 heterocycles. The Morgan fingerprint density at radius 1 is 1.31 bits per heavy atom. The highest BCUT2D eigenvalue weighted by Crippen LogP contribution is 2.32. The molecule has 0 aromatic heterocycles. The molecule has 0 unspecified atom stereocenters. The van der Waals surface area contributed by atoms with Crippen molar-refractivity contribution in [2.24, 2.45) is 0 Å². The highest BCUT2D eigenvalue weighted by molar-refractivity contribution is 7.89. The smallest absolute Gasteiger partial charge is 0.373 e. The Morgan fingerprint density at radius 2 is 1.92 bits per heavy atom. The zero-order valence-electron chi connectivity index (χ0n) is 13.6. The number of carbonyl (C=O) groups is 1. The molecule has 0 aliphatic carbocycles. The van der Waals surface area contributed by atoms with Crippen LogP contribution in [0, 0.1) is 0 Å². The lowest BCUT2D eigenvalue weighted by atomic mass is 10.1.